The summed E-state index contributed by atoms with van der Waals surface area (Å²) < 4.78 is 40.7. The number of alkyl halides is 2. The fourth-order valence-corrected chi connectivity index (χ4v) is 6.26. The number of halogens is 2. The van der Waals surface area contributed by atoms with Crippen LogP contribution in [-0.2, 0) is 4.74 Å². The third-order valence-electron chi connectivity index (χ3n) is 7.08. The first-order valence-corrected chi connectivity index (χ1v) is 14.8. The summed E-state index contributed by atoms with van der Waals surface area (Å²) in [4.78, 5) is 24.2. The molecule has 0 spiro atoms. The monoisotopic (exact) mass is 607 g/mol. The van der Waals surface area contributed by atoms with Crippen molar-refractivity contribution in [3.63, 3.8) is 0 Å². The topological polar surface area (TPSA) is 99.7 Å². The molecule has 0 bridgehead atoms. The molecule has 6 rings (SSSR count). The quantitative estimate of drug-likeness (QED) is 0.215. The molecule has 0 unspecified atom stereocenters. The fourth-order valence-electron chi connectivity index (χ4n) is 5.10. The molecule has 1 aliphatic heterocycles. The fraction of sp³-hybridized carbons (Fsp3) is 0.367. The van der Waals surface area contributed by atoms with E-state index in [0.717, 1.165) is 28.7 Å². The van der Waals surface area contributed by atoms with Crippen LogP contribution in [0.15, 0.2) is 60.0 Å². The molecule has 13 heteroatoms. The van der Waals surface area contributed by atoms with E-state index in [9.17, 15) is 13.6 Å². The Morgan fingerprint density at radius 3 is 2.65 bits per heavy atom. The van der Waals surface area contributed by atoms with E-state index in [0.29, 0.717) is 41.3 Å². The Kier molecular flexibility index (Phi) is 7.67. The summed E-state index contributed by atoms with van der Waals surface area (Å²) in [7, 11) is 0. The lowest BCUT2D eigenvalue weighted by atomic mass is 10.1. The van der Waals surface area contributed by atoms with E-state index >= 15 is 0 Å². The van der Waals surface area contributed by atoms with Crippen molar-refractivity contribution in [2.24, 2.45) is 0 Å². The van der Waals surface area contributed by atoms with Crippen molar-refractivity contribution < 1.29 is 23.0 Å². The summed E-state index contributed by atoms with van der Waals surface area (Å²) in [5, 5.41) is 10.1. The second-order valence-corrected chi connectivity index (χ2v) is 12.7. The van der Waals surface area contributed by atoms with Crippen LogP contribution in [0, 0.1) is 6.92 Å². The maximum Gasteiger partial charge on any atom is 0.410 e. The van der Waals surface area contributed by atoms with Gasteiger partial charge in [-0.2, -0.15) is 19.0 Å². The highest BCUT2D eigenvalue weighted by atomic mass is 32.2. The van der Waals surface area contributed by atoms with Crippen molar-refractivity contribution >= 4 is 34.4 Å². The summed E-state index contributed by atoms with van der Waals surface area (Å²) in [6.07, 6.45) is 8.16. The van der Waals surface area contributed by atoms with E-state index < -0.39 is 12.2 Å². The maximum absolute atomic E-state index is 13.5. The number of ether oxygens (including phenoxy) is 2. The van der Waals surface area contributed by atoms with Crippen molar-refractivity contribution in [3.05, 3.63) is 60.8 Å². The second-order valence-electron chi connectivity index (χ2n) is 11.3. The van der Waals surface area contributed by atoms with Gasteiger partial charge in [0.1, 0.15) is 11.3 Å². The maximum atomic E-state index is 13.5. The zero-order valence-electron chi connectivity index (χ0n) is 24.2. The SMILES string of the molecule is Cc1nn(-c2cc(SC3CCN(C(=O)OC(C)(C)C)CC3)ccc2OC(F)F)c2cc(-c3cnn4cccnc34)ncc12. The molecule has 1 amide bonds. The molecule has 0 saturated carbocycles. The average molecular weight is 608 g/mol. The minimum atomic E-state index is -3.00. The summed E-state index contributed by atoms with van der Waals surface area (Å²) in [5.74, 6) is 0.0134. The zero-order chi connectivity index (χ0) is 30.3. The number of hydrogen-bond acceptors (Lipinski definition) is 8. The molecular formula is C30H31F2N7O3S. The average Bonchev–Trinajstić information content (AvgIpc) is 3.54. The van der Waals surface area contributed by atoms with Crippen LogP contribution in [0.4, 0.5) is 13.6 Å². The number of fused-ring (bicyclic) bond motifs is 2. The molecular weight excluding hydrogens is 576 g/mol. The summed E-state index contributed by atoms with van der Waals surface area (Å²) in [5.41, 5.74) is 3.24. The Morgan fingerprint density at radius 2 is 1.91 bits per heavy atom. The molecule has 0 atom stereocenters. The molecule has 1 saturated heterocycles. The number of nitrogens with zero attached hydrogens (tertiary/aromatic N) is 7. The number of amides is 1. The normalized spacial score (nSPS) is 14.6. The number of piperidine rings is 1. The van der Waals surface area contributed by atoms with Gasteiger partial charge < -0.3 is 14.4 Å². The van der Waals surface area contributed by atoms with Gasteiger partial charge in [0.05, 0.1) is 28.7 Å². The number of aromatic nitrogens is 6. The van der Waals surface area contributed by atoms with Crippen molar-refractivity contribution in [3.8, 4) is 22.7 Å². The predicted octanol–water partition coefficient (Wildman–Crippen LogP) is 6.53. The standard InChI is InChI=1S/C30H31F2N7O3S/c1-18-21-16-34-23(22-17-35-38-11-5-10-33-27(22)38)15-24(21)39(36-18)25-14-20(6-7-26(25)41-28(31)32)43-19-8-12-37(13-9-19)29(40)42-30(2,3)4/h5-7,10-11,14-17,19,28H,8-9,12-13H2,1-4H3. The lowest BCUT2D eigenvalue weighted by Crippen LogP contribution is -2.42. The van der Waals surface area contributed by atoms with Crippen molar-refractivity contribution in [2.45, 2.75) is 62.9 Å². The van der Waals surface area contributed by atoms with Crippen LogP contribution in [0.5, 0.6) is 5.75 Å². The number of rotatable bonds is 6. The van der Waals surface area contributed by atoms with E-state index in [4.69, 9.17) is 14.6 Å². The molecule has 1 aromatic carbocycles. The molecule has 5 aromatic rings. The Morgan fingerprint density at radius 1 is 1.12 bits per heavy atom. The first kappa shape index (κ1) is 28.8. The predicted molar refractivity (Wildman–Crippen MR) is 159 cm³/mol. The van der Waals surface area contributed by atoms with Gasteiger partial charge in [-0.3, -0.25) is 4.98 Å². The second kappa shape index (κ2) is 11.4. The molecule has 5 heterocycles. The van der Waals surface area contributed by atoms with Gasteiger partial charge in [-0.15, -0.1) is 11.8 Å². The van der Waals surface area contributed by atoms with Crippen LogP contribution in [0.25, 0.3) is 33.5 Å². The lowest BCUT2D eigenvalue weighted by molar-refractivity contribution is -0.0499. The largest absolute Gasteiger partial charge is 0.444 e. The van der Waals surface area contributed by atoms with E-state index in [1.54, 1.807) is 68.8 Å². The van der Waals surface area contributed by atoms with Gasteiger partial charge in [-0.05, 0) is 70.9 Å². The number of hydrogen-bond donors (Lipinski definition) is 0. The molecule has 0 N–H and O–H groups in total. The Labute approximate surface area is 251 Å². The third kappa shape index (κ3) is 6.12. The van der Waals surface area contributed by atoms with Crippen LogP contribution in [0.3, 0.4) is 0 Å². The number of carbonyl (C=O) groups excluding carboxylic acids is 1. The number of thioether (sulfide) groups is 1. The lowest BCUT2D eigenvalue weighted by Gasteiger charge is -2.33. The first-order valence-electron chi connectivity index (χ1n) is 13.9. The molecule has 43 heavy (non-hydrogen) atoms. The Balaban J connectivity index is 1.31. The molecule has 0 radical (unpaired) electrons. The summed E-state index contributed by atoms with van der Waals surface area (Å²) in [6, 6.07) is 8.81. The zero-order valence-corrected chi connectivity index (χ0v) is 25.0. The number of benzene rings is 1. The first-order chi connectivity index (χ1) is 20.6. The van der Waals surface area contributed by atoms with Crippen molar-refractivity contribution in [2.75, 3.05) is 13.1 Å². The van der Waals surface area contributed by atoms with E-state index in [2.05, 4.69) is 15.1 Å². The minimum Gasteiger partial charge on any atom is -0.444 e. The van der Waals surface area contributed by atoms with Gasteiger partial charge in [-0.1, -0.05) is 0 Å². The van der Waals surface area contributed by atoms with Crippen LogP contribution < -0.4 is 4.74 Å². The van der Waals surface area contributed by atoms with Crippen molar-refractivity contribution in [1.82, 2.24) is 34.3 Å². The molecule has 4 aromatic heterocycles. The van der Waals surface area contributed by atoms with Gasteiger partial charge in [0.15, 0.2) is 11.4 Å². The van der Waals surface area contributed by atoms with Crippen LogP contribution in [0.1, 0.15) is 39.3 Å². The highest BCUT2D eigenvalue weighted by molar-refractivity contribution is 8.00. The third-order valence-corrected chi connectivity index (χ3v) is 8.41. The van der Waals surface area contributed by atoms with Crippen molar-refractivity contribution in [1.29, 1.82) is 0 Å². The Bertz CT molecular complexity index is 1790. The molecule has 224 valence electrons. The summed E-state index contributed by atoms with van der Waals surface area (Å²) in [6.45, 7) is 5.58. The van der Waals surface area contributed by atoms with Gasteiger partial charge in [0, 0.05) is 47.2 Å². The smallest absolute Gasteiger partial charge is 0.410 e. The number of carbonyl (C=O) groups is 1. The molecule has 0 aliphatic carbocycles. The molecule has 1 aliphatic rings. The molecule has 1 fully saturated rings. The summed E-state index contributed by atoms with van der Waals surface area (Å²) >= 11 is 1.65. The van der Waals surface area contributed by atoms with Crippen LogP contribution >= 0.6 is 11.8 Å². The highest BCUT2D eigenvalue weighted by Crippen LogP contribution is 2.37. The number of aryl methyl sites for hydroxylation is 1. The number of pyridine rings is 1. The van der Waals surface area contributed by atoms with E-state index in [1.165, 1.54) is 0 Å². The van der Waals surface area contributed by atoms with Crippen LogP contribution in [0.2, 0.25) is 0 Å². The van der Waals surface area contributed by atoms with Gasteiger partial charge in [0.2, 0.25) is 0 Å². The van der Waals surface area contributed by atoms with Crippen LogP contribution in [-0.4, -0.2) is 70.9 Å². The van der Waals surface area contributed by atoms with Gasteiger partial charge >= 0.3 is 12.7 Å². The minimum absolute atomic E-state index is 0.0134. The molecule has 10 nitrogen and oxygen atoms in total. The van der Waals surface area contributed by atoms with Gasteiger partial charge in [0.25, 0.3) is 0 Å². The highest BCUT2D eigenvalue weighted by Gasteiger charge is 2.28. The number of likely N-dealkylation sites (tertiary alicyclic amines) is 1. The van der Waals surface area contributed by atoms with E-state index in [-0.39, 0.29) is 17.1 Å². The van der Waals surface area contributed by atoms with Gasteiger partial charge in [-0.25, -0.2) is 19.0 Å². The van der Waals surface area contributed by atoms with E-state index in [1.807, 2.05) is 39.8 Å². The Hall–Kier alpha value is -4.26.